The molecule has 3 nitrogen and oxygen atoms in total. The average Bonchev–Trinajstić information content (AvgIpc) is 2.37. The number of rotatable bonds is 4. The van der Waals surface area contributed by atoms with Gasteiger partial charge in [0.1, 0.15) is 12.4 Å². The maximum atomic E-state index is 6.05. The number of hydrogen-bond donors (Lipinski definition) is 1. The van der Waals surface area contributed by atoms with Crippen LogP contribution in [-0.2, 0) is 6.61 Å². The van der Waals surface area contributed by atoms with Gasteiger partial charge in [0.25, 0.3) is 0 Å². The molecule has 0 aliphatic rings. The third-order valence-corrected chi connectivity index (χ3v) is 3.54. The number of aromatic nitrogens is 1. The Morgan fingerprint density at radius 2 is 2.21 bits per heavy atom. The number of pyridine rings is 1. The second kappa shape index (κ2) is 6.37. The maximum Gasteiger partial charge on any atom is 0.125 e. The molecule has 1 atom stereocenters. The van der Waals surface area contributed by atoms with E-state index in [0.717, 1.165) is 21.3 Å². The molecule has 0 amide bonds. The van der Waals surface area contributed by atoms with Crippen molar-refractivity contribution in [3.05, 3.63) is 57.3 Å². The number of benzene rings is 1. The van der Waals surface area contributed by atoms with E-state index in [1.54, 1.807) is 12.4 Å². The average molecular weight is 342 g/mol. The van der Waals surface area contributed by atoms with Crippen molar-refractivity contribution in [2.75, 3.05) is 0 Å². The molecule has 100 valence electrons. The molecule has 2 rings (SSSR count). The Labute approximate surface area is 125 Å². The van der Waals surface area contributed by atoms with Crippen molar-refractivity contribution in [1.82, 2.24) is 4.98 Å². The Balaban J connectivity index is 2.19. The summed E-state index contributed by atoms with van der Waals surface area (Å²) in [6, 6.07) is 7.57. The van der Waals surface area contributed by atoms with Gasteiger partial charge >= 0.3 is 0 Å². The van der Waals surface area contributed by atoms with E-state index in [-0.39, 0.29) is 6.04 Å². The molecule has 0 saturated heterocycles. The number of hydrogen-bond acceptors (Lipinski definition) is 3. The molecule has 1 aromatic heterocycles. The van der Waals surface area contributed by atoms with Crippen LogP contribution >= 0.6 is 27.5 Å². The van der Waals surface area contributed by atoms with Crippen molar-refractivity contribution in [1.29, 1.82) is 0 Å². The van der Waals surface area contributed by atoms with E-state index in [1.165, 1.54) is 0 Å². The van der Waals surface area contributed by atoms with Crippen LogP contribution < -0.4 is 10.5 Å². The Kier molecular flexibility index (Phi) is 4.80. The third-order valence-electron chi connectivity index (χ3n) is 2.71. The molecule has 5 heteroatoms. The molecule has 1 unspecified atom stereocenters. The van der Waals surface area contributed by atoms with Crippen molar-refractivity contribution >= 4 is 27.5 Å². The lowest BCUT2D eigenvalue weighted by Crippen LogP contribution is -2.08. The largest absolute Gasteiger partial charge is 0.488 e. The Morgan fingerprint density at radius 3 is 2.89 bits per heavy atom. The Morgan fingerprint density at radius 1 is 1.42 bits per heavy atom. The summed E-state index contributed by atoms with van der Waals surface area (Å²) in [7, 11) is 0. The van der Waals surface area contributed by atoms with Crippen molar-refractivity contribution in [3.8, 4) is 5.75 Å². The first-order chi connectivity index (χ1) is 9.08. The lowest BCUT2D eigenvalue weighted by atomic mass is 10.1. The van der Waals surface area contributed by atoms with Gasteiger partial charge in [-0.15, -0.1) is 0 Å². The molecule has 0 aliphatic carbocycles. The molecule has 0 spiro atoms. The highest BCUT2D eigenvalue weighted by Crippen LogP contribution is 2.28. The van der Waals surface area contributed by atoms with Crippen LogP contribution in [0.3, 0.4) is 0 Å². The molecule has 0 fully saturated rings. The molecule has 1 aromatic carbocycles. The predicted molar refractivity (Wildman–Crippen MR) is 80.3 cm³/mol. The van der Waals surface area contributed by atoms with Crippen LogP contribution in [0.1, 0.15) is 24.1 Å². The Hall–Kier alpha value is -1.10. The number of halogens is 2. The number of nitrogens with zero attached hydrogens (tertiary/aromatic N) is 1. The molecule has 1 heterocycles. The molecular weight excluding hydrogens is 328 g/mol. The zero-order valence-corrected chi connectivity index (χ0v) is 12.8. The van der Waals surface area contributed by atoms with Crippen LogP contribution in [0, 0.1) is 0 Å². The highest BCUT2D eigenvalue weighted by molar-refractivity contribution is 9.10. The molecule has 19 heavy (non-hydrogen) atoms. The number of ether oxygens (including phenoxy) is 1. The summed E-state index contributed by atoms with van der Waals surface area (Å²) in [5, 5.41) is 0.597. The zero-order chi connectivity index (χ0) is 13.8. The lowest BCUT2D eigenvalue weighted by Gasteiger charge is -2.15. The van der Waals surface area contributed by atoms with Gasteiger partial charge in [-0.25, -0.2) is 0 Å². The smallest absolute Gasteiger partial charge is 0.125 e. The maximum absolute atomic E-state index is 6.05. The SMILES string of the molecule is CC(N)c1ccc(Br)cc1OCc1ccncc1Cl. The lowest BCUT2D eigenvalue weighted by molar-refractivity contribution is 0.301. The van der Waals surface area contributed by atoms with Crippen molar-refractivity contribution in [3.63, 3.8) is 0 Å². The standard InChI is InChI=1S/C14H14BrClN2O/c1-9(17)12-3-2-11(15)6-14(12)19-8-10-4-5-18-7-13(10)16/h2-7,9H,8,17H2,1H3. The van der Waals surface area contributed by atoms with Gasteiger partial charge in [0, 0.05) is 34.0 Å². The van der Waals surface area contributed by atoms with Crippen LogP contribution in [0.5, 0.6) is 5.75 Å². The minimum Gasteiger partial charge on any atom is -0.488 e. The van der Waals surface area contributed by atoms with Crippen molar-refractivity contribution in [2.24, 2.45) is 5.73 Å². The molecule has 0 saturated carbocycles. The predicted octanol–water partition coefficient (Wildman–Crippen LogP) is 4.10. The molecule has 0 aliphatic heterocycles. The van der Waals surface area contributed by atoms with Gasteiger partial charge in [-0.1, -0.05) is 33.6 Å². The van der Waals surface area contributed by atoms with Crippen molar-refractivity contribution < 1.29 is 4.74 Å². The summed E-state index contributed by atoms with van der Waals surface area (Å²) in [6.45, 7) is 2.31. The third kappa shape index (κ3) is 3.69. The summed E-state index contributed by atoms with van der Waals surface area (Å²) in [6.07, 6.45) is 3.30. The molecule has 2 aromatic rings. The monoisotopic (exact) mass is 340 g/mol. The molecule has 0 bridgehead atoms. The molecular formula is C14H14BrClN2O. The minimum atomic E-state index is -0.0870. The van der Waals surface area contributed by atoms with Gasteiger partial charge in [-0.05, 0) is 25.1 Å². The van der Waals surface area contributed by atoms with E-state index in [4.69, 9.17) is 22.1 Å². The summed E-state index contributed by atoms with van der Waals surface area (Å²) in [5.74, 6) is 0.761. The summed E-state index contributed by atoms with van der Waals surface area (Å²) >= 11 is 9.48. The van der Waals surface area contributed by atoms with Gasteiger partial charge in [0.15, 0.2) is 0 Å². The highest BCUT2D eigenvalue weighted by Gasteiger charge is 2.09. The fraction of sp³-hybridized carbons (Fsp3) is 0.214. The van der Waals surface area contributed by atoms with Gasteiger partial charge < -0.3 is 10.5 Å². The van der Waals surface area contributed by atoms with Gasteiger partial charge in [-0.3, -0.25) is 4.98 Å². The topological polar surface area (TPSA) is 48.1 Å². The minimum absolute atomic E-state index is 0.0870. The first-order valence-corrected chi connectivity index (χ1v) is 7.01. The van der Waals surface area contributed by atoms with Crippen LogP contribution in [0.2, 0.25) is 5.02 Å². The van der Waals surface area contributed by atoms with E-state index in [2.05, 4.69) is 20.9 Å². The summed E-state index contributed by atoms with van der Waals surface area (Å²) in [4.78, 5) is 3.94. The molecule has 2 N–H and O–H groups in total. The van der Waals surface area contributed by atoms with Crippen LogP contribution in [0.4, 0.5) is 0 Å². The summed E-state index contributed by atoms with van der Waals surface area (Å²) in [5.41, 5.74) is 7.79. The number of nitrogens with two attached hydrogens (primary N) is 1. The van der Waals surface area contributed by atoms with E-state index >= 15 is 0 Å². The molecule has 0 radical (unpaired) electrons. The second-order valence-electron chi connectivity index (χ2n) is 4.23. The summed E-state index contributed by atoms with van der Waals surface area (Å²) < 4.78 is 6.78. The second-order valence-corrected chi connectivity index (χ2v) is 5.55. The first kappa shape index (κ1) is 14.3. The highest BCUT2D eigenvalue weighted by atomic mass is 79.9. The van der Waals surface area contributed by atoms with Gasteiger partial charge in [0.2, 0.25) is 0 Å². The normalized spacial score (nSPS) is 12.2. The van der Waals surface area contributed by atoms with Gasteiger partial charge in [0.05, 0.1) is 5.02 Å². The Bertz CT molecular complexity index is 575. The van der Waals surface area contributed by atoms with E-state index in [1.807, 2.05) is 31.2 Å². The quantitative estimate of drug-likeness (QED) is 0.911. The van der Waals surface area contributed by atoms with E-state index in [0.29, 0.717) is 11.6 Å². The first-order valence-electron chi connectivity index (χ1n) is 5.84. The van der Waals surface area contributed by atoms with Crippen molar-refractivity contribution in [2.45, 2.75) is 19.6 Å². The van der Waals surface area contributed by atoms with E-state index < -0.39 is 0 Å². The van der Waals surface area contributed by atoms with Crippen LogP contribution in [-0.4, -0.2) is 4.98 Å². The fourth-order valence-electron chi connectivity index (χ4n) is 1.69. The van der Waals surface area contributed by atoms with Crippen LogP contribution in [0.25, 0.3) is 0 Å². The van der Waals surface area contributed by atoms with E-state index in [9.17, 15) is 0 Å². The van der Waals surface area contributed by atoms with Crippen LogP contribution in [0.15, 0.2) is 41.1 Å². The van der Waals surface area contributed by atoms with Gasteiger partial charge in [-0.2, -0.15) is 0 Å². The fourth-order valence-corrected chi connectivity index (χ4v) is 2.20. The zero-order valence-electron chi connectivity index (χ0n) is 10.4.